The average molecular weight is 441 g/mol. The topological polar surface area (TPSA) is 121 Å². The standard InChI is InChI=1S/C21H19N3O6S/c1-13(30-20(26)15-8-6-14(7-9-15)11-29-2)19(25)23-21-22-18(12-31-21)16-4-3-5-17(10-16)24(27)28/h3-10,12-13H,11H2,1-2H3,(H,22,23,25). The van der Waals surface area contributed by atoms with Gasteiger partial charge in [-0.25, -0.2) is 9.78 Å². The first-order valence-corrected chi connectivity index (χ1v) is 10.1. The number of nitrogens with zero attached hydrogens (tertiary/aromatic N) is 2. The van der Waals surface area contributed by atoms with E-state index in [4.69, 9.17) is 9.47 Å². The maximum Gasteiger partial charge on any atom is 0.338 e. The second-order valence-corrected chi connectivity index (χ2v) is 7.37. The molecule has 9 nitrogen and oxygen atoms in total. The number of thiazole rings is 1. The SMILES string of the molecule is COCc1ccc(C(=O)OC(C)C(=O)Nc2nc(-c3cccc([N+](=O)[O-])c3)cs2)cc1. The van der Waals surface area contributed by atoms with Crippen molar-refractivity contribution in [3.05, 3.63) is 75.2 Å². The number of ether oxygens (including phenoxy) is 2. The van der Waals surface area contributed by atoms with Gasteiger partial charge in [0.05, 0.1) is 22.8 Å². The van der Waals surface area contributed by atoms with Crippen molar-refractivity contribution in [3.8, 4) is 11.3 Å². The van der Waals surface area contributed by atoms with E-state index >= 15 is 0 Å². The number of nitrogens with one attached hydrogen (secondary N) is 1. The maximum absolute atomic E-state index is 12.4. The molecule has 1 aromatic heterocycles. The smallest absolute Gasteiger partial charge is 0.338 e. The molecular weight excluding hydrogens is 422 g/mol. The highest BCUT2D eigenvalue weighted by atomic mass is 32.1. The number of benzene rings is 2. The molecule has 1 heterocycles. The van der Waals surface area contributed by atoms with E-state index in [-0.39, 0.29) is 5.69 Å². The molecule has 0 bridgehead atoms. The summed E-state index contributed by atoms with van der Waals surface area (Å²) < 4.78 is 10.2. The highest BCUT2D eigenvalue weighted by Crippen LogP contribution is 2.27. The van der Waals surface area contributed by atoms with Crippen LogP contribution in [-0.2, 0) is 20.9 Å². The molecule has 1 atom stereocenters. The second-order valence-electron chi connectivity index (χ2n) is 6.51. The number of nitro groups is 1. The molecule has 0 saturated heterocycles. The van der Waals surface area contributed by atoms with Crippen molar-refractivity contribution in [2.75, 3.05) is 12.4 Å². The van der Waals surface area contributed by atoms with E-state index in [0.717, 1.165) is 16.9 Å². The molecule has 0 spiro atoms. The van der Waals surface area contributed by atoms with Crippen molar-refractivity contribution >= 4 is 34.0 Å². The Kier molecular flexibility index (Phi) is 7.06. The number of esters is 1. The molecule has 2 aromatic carbocycles. The van der Waals surface area contributed by atoms with Crippen LogP contribution >= 0.6 is 11.3 Å². The minimum absolute atomic E-state index is 0.0492. The Bertz CT molecular complexity index is 1100. The van der Waals surface area contributed by atoms with Gasteiger partial charge in [-0.2, -0.15) is 0 Å². The molecule has 1 unspecified atom stereocenters. The van der Waals surface area contributed by atoms with Gasteiger partial charge in [-0.1, -0.05) is 24.3 Å². The van der Waals surface area contributed by atoms with Gasteiger partial charge in [0, 0.05) is 30.2 Å². The Labute approximate surface area is 181 Å². The van der Waals surface area contributed by atoms with E-state index < -0.39 is 22.9 Å². The summed E-state index contributed by atoms with van der Waals surface area (Å²) >= 11 is 1.16. The van der Waals surface area contributed by atoms with Crippen molar-refractivity contribution in [2.45, 2.75) is 19.6 Å². The molecule has 0 aliphatic carbocycles. The van der Waals surface area contributed by atoms with Crippen molar-refractivity contribution in [2.24, 2.45) is 0 Å². The Morgan fingerprint density at radius 3 is 2.65 bits per heavy atom. The van der Waals surface area contributed by atoms with Crippen molar-refractivity contribution in [1.29, 1.82) is 0 Å². The Morgan fingerprint density at radius 2 is 1.97 bits per heavy atom. The summed E-state index contributed by atoms with van der Waals surface area (Å²) in [5, 5.41) is 15.5. The summed E-state index contributed by atoms with van der Waals surface area (Å²) in [5.74, 6) is -1.16. The third-order valence-electron chi connectivity index (χ3n) is 4.24. The van der Waals surface area contributed by atoms with Gasteiger partial charge in [0.25, 0.3) is 11.6 Å². The first-order valence-electron chi connectivity index (χ1n) is 9.17. The Balaban J connectivity index is 1.60. The number of non-ortho nitro benzene ring substituents is 1. The molecule has 0 saturated carbocycles. The van der Waals surface area contributed by atoms with Gasteiger partial charge in [0.15, 0.2) is 11.2 Å². The van der Waals surface area contributed by atoms with Gasteiger partial charge < -0.3 is 9.47 Å². The van der Waals surface area contributed by atoms with Crippen LogP contribution in [0.15, 0.2) is 53.9 Å². The number of nitro benzene ring substituents is 1. The van der Waals surface area contributed by atoms with Crippen molar-refractivity contribution in [3.63, 3.8) is 0 Å². The van der Waals surface area contributed by atoms with E-state index in [0.29, 0.717) is 28.6 Å². The molecule has 1 amide bonds. The van der Waals surface area contributed by atoms with Crippen LogP contribution in [0.2, 0.25) is 0 Å². The fourth-order valence-corrected chi connectivity index (χ4v) is 3.36. The lowest BCUT2D eigenvalue weighted by molar-refractivity contribution is -0.384. The van der Waals surface area contributed by atoms with Gasteiger partial charge in [-0.05, 0) is 24.6 Å². The minimum Gasteiger partial charge on any atom is -0.449 e. The predicted molar refractivity (Wildman–Crippen MR) is 115 cm³/mol. The molecule has 31 heavy (non-hydrogen) atoms. The number of carbonyl (C=O) groups is 2. The number of aromatic nitrogens is 1. The van der Waals surface area contributed by atoms with E-state index in [9.17, 15) is 19.7 Å². The number of amides is 1. The Hall–Kier alpha value is -3.63. The van der Waals surface area contributed by atoms with E-state index in [1.807, 2.05) is 0 Å². The molecule has 0 aliphatic rings. The Morgan fingerprint density at radius 1 is 1.23 bits per heavy atom. The van der Waals surface area contributed by atoms with Gasteiger partial charge in [0.1, 0.15) is 0 Å². The van der Waals surface area contributed by atoms with Crippen LogP contribution in [-0.4, -0.2) is 35.0 Å². The number of hydrogen-bond acceptors (Lipinski definition) is 8. The average Bonchev–Trinajstić information content (AvgIpc) is 3.23. The second kappa shape index (κ2) is 9.92. The monoisotopic (exact) mass is 441 g/mol. The summed E-state index contributed by atoms with van der Waals surface area (Å²) in [4.78, 5) is 39.4. The molecular formula is C21H19N3O6S. The molecule has 0 radical (unpaired) electrons. The maximum atomic E-state index is 12.4. The van der Waals surface area contributed by atoms with E-state index in [1.165, 1.54) is 19.1 Å². The number of carbonyl (C=O) groups excluding carboxylic acids is 2. The van der Waals surface area contributed by atoms with Crippen LogP contribution in [0.1, 0.15) is 22.8 Å². The summed E-state index contributed by atoms with van der Waals surface area (Å²) in [5.41, 5.74) is 2.23. The van der Waals surface area contributed by atoms with Gasteiger partial charge in [0.2, 0.25) is 0 Å². The zero-order valence-corrected chi connectivity index (χ0v) is 17.5. The van der Waals surface area contributed by atoms with Crippen LogP contribution in [0.5, 0.6) is 0 Å². The quantitative estimate of drug-likeness (QED) is 0.318. The molecule has 0 fully saturated rings. The lowest BCUT2D eigenvalue weighted by atomic mass is 10.1. The third kappa shape index (κ3) is 5.71. The summed E-state index contributed by atoms with van der Waals surface area (Å²) in [6, 6.07) is 12.7. The predicted octanol–water partition coefficient (Wildman–Crippen LogP) is 4.05. The van der Waals surface area contributed by atoms with Crippen LogP contribution in [0, 0.1) is 10.1 Å². The van der Waals surface area contributed by atoms with Gasteiger partial charge in [-0.15, -0.1) is 11.3 Å². The molecule has 1 N–H and O–H groups in total. The fourth-order valence-electron chi connectivity index (χ4n) is 2.64. The molecule has 10 heteroatoms. The largest absolute Gasteiger partial charge is 0.449 e. The summed E-state index contributed by atoms with van der Waals surface area (Å²) in [6.45, 7) is 1.89. The summed E-state index contributed by atoms with van der Waals surface area (Å²) in [6.07, 6.45) is -1.05. The van der Waals surface area contributed by atoms with Crippen LogP contribution in [0.3, 0.4) is 0 Å². The third-order valence-corrected chi connectivity index (χ3v) is 5.00. The van der Waals surface area contributed by atoms with Crippen LogP contribution in [0.25, 0.3) is 11.3 Å². The minimum atomic E-state index is -1.05. The number of rotatable bonds is 8. The van der Waals surface area contributed by atoms with E-state index in [1.54, 1.807) is 48.9 Å². The number of methoxy groups -OCH3 is 1. The van der Waals surface area contributed by atoms with Gasteiger partial charge in [-0.3, -0.25) is 20.2 Å². The van der Waals surface area contributed by atoms with Crippen molar-refractivity contribution < 1.29 is 24.0 Å². The van der Waals surface area contributed by atoms with Crippen LogP contribution < -0.4 is 5.32 Å². The molecule has 160 valence electrons. The van der Waals surface area contributed by atoms with Crippen LogP contribution in [0.4, 0.5) is 10.8 Å². The van der Waals surface area contributed by atoms with Crippen molar-refractivity contribution in [1.82, 2.24) is 4.98 Å². The highest BCUT2D eigenvalue weighted by Gasteiger charge is 2.20. The normalized spacial score (nSPS) is 11.5. The first-order chi connectivity index (χ1) is 14.9. The molecule has 3 rings (SSSR count). The number of hydrogen-bond donors (Lipinski definition) is 1. The molecule has 3 aromatic rings. The van der Waals surface area contributed by atoms with E-state index in [2.05, 4.69) is 10.3 Å². The number of anilines is 1. The fraction of sp³-hybridized carbons (Fsp3) is 0.190. The zero-order chi connectivity index (χ0) is 22.4. The summed E-state index contributed by atoms with van der Waals surface area (Å²) in [7, 11) is 1.58. The first kappa shape index (κ1) is 22.1. The zero-order valence-electron chi connectivity index (χ0n) is 16.7. The lowest BCUT2D eigenvalue weighted by Gasteiger charge is -2.12. The highest BCUT2D eigenvalue weighted by molar-refractivity contribution is 7.14. The van der Waals surface area contributed by atoms with Gasteiger partial charge >= 0.3 is 5.97 Å². The lowest BCUT2D eigenvalue weighted by Crippen LogP contribution is -2.30. The molecule has 0 aliphatic heterocycles.